The maximum absolute atomic E-state index is 12.8. The number of anilines is 2. The van der Waals surface area contributed by atoms with Gasteiger partial charge in [0.05, 0.1) is 19.9 Å². The molecule has 0 bridgehead atoms. The van der Waals surface area contributed by atoms with E-state index in [9.17, 15) is 4.79 Å². The Morgan fingerprint density at radius 2 is 1.86 bits per heavy atom. The minimum atomic E-state index is -0.0915. The third-order valence-electron chi connectivity index (χ3n) is 5.46. The third kappa shape index (κ3) is 3.73. The summed E-state index contributed by atoms with van der Waals surface area (Å²) in [5.41, 5.74) is 0.644. The molecule has 0 aliphatic carbocycles. The SMILES string of the molecule is COc1ccc(NC(=O)N2CC3CN(c4ccc(Br)cn4)CC3C2)c(OC)c1. The van der Waals surface area contributed by atoms with E-state index in [-0.39, 0.29) is 6.03 Å². The van der Waals surface area contributed by atoms with Crippen molar-refractivity contribution in [3.63, 3.8) is 0 Å². The number of rotatable bonds is 4. The van der Waals surface area contributed by atoms with Gasteiger partial charge in [0.2, 0.25) is 0 Å². The number of pyridine rings is 1. The van der Waals surface area contributed by atoms with Gasteiger partial charge in [-0.1, -0.05) is 0 Å². The van der Waals surface area contributed by atoms with Gasteiger partial charge in [-0.3, -0.25) is 0 Å². The molecule has 4 rings (SSSR count). The van der Waals surface area contributed by atoms with Crippen LogP contribution >= 0.6 is 15.9 Å². The Morgan fingerprint density at radius 3 is 2.46 bits per heavy atom. The number of benzene rings is 1. The number of nitrogens with one attached hydrogen (secondary N) is 1. The lowest BCUT2D eigenvalue weighted by atomic mass is 10.0. The number of urea groups is 1. The highest BCUT2D eigenvalue weighted by molar-refractivity contribution is 9.10. The fourth-order valence-corrected chi connectivity index (χ4v) is 4.23. The first-order valence-corrected chi connectivity index (χ1v) is 10.0. The molecule has 0 spiro atoms. The highest BCUT2D eigenvalue weighted by Gasteiger charge is 2.42. The number of aromatic nitrogens is 1. The molecular weight excluding hydrogens is 424 g/mol. The lowest BCUT2D eigenvalue weighted by Gasteiger charge is -2.23. The van der Waals surface area contributed by atoms with E-state index in [0.717, 1.165) is 36.5 Å². The monoisotopic (exact) mass is 446 g/mol. The Labute approximate surface area is 172 Å². The number of nitrogens with zero attached hydrogens (tertiary/aromatic N) is 3. The number of carbonyl (C=O) groups is 1. The zero-order chi connectivity index (χ0) is 19.7. The molecule has 1 aromatic carbocycles. The Balaban J connectivity index is 1.37. The molecule has 0 saturated carbocycles. The first-order chi connectivity index (χ1) is 13.6. The van der Waals surface area contributed by atoms with Gasteiger partial charge in [0.1, 0.15) is 17.3 Å². The first-order valence-electron chi connectivity index (χ1n) is 9.22. The lowest BCUT2D eigenvalue weighted by Crippen LogP contribution is -2.36. The molecule has 2 aromatic rings. The number of halogens is 1. The minimum absolute atomic E-state index is 0.0915. The van der Waals surface area contributed by atoms with Crippen molar-refractivity contribution >= 4 is 33.5 Å². The second-order valence-corrected chi connectivity index (χ2v) is 8.08. The molecule has 2 unspecified atom stereocenters. The lowest BCUT2D eigenvalue weighted by molar-refractivity contribution is 0.219. The van der Waals surface area contributed by atoms with Crippen LogP contribution in [0.5, 0.6) is 11.5 Å². The average molecular weight is 447 g/mol. The second kappa shape index (κ2) is 7.87. The summed E-state index contributed by atoms with van der Waals surface area (Å²) in [7, 11) is 3.18. The Kier molecular flexibility index (Phi) is 5.30. The number of likely N-dealkylation sites (tertiary alicyclic amines) is 1. The van der Waals surface area contributed by atoms with Crippen molar-refractivity contribution in [2.75, 3.05) is 50.6 Å². The average Bonchev–Trinajstić information content (AvgIpc) is 3.28. The molecular formula is C20H23BrN4O3. The Bertz CT molecular complexity index is 847. The van der Waals surface area contributed by atoms with Gasteiger partial charge in [-0.05, 0) is 40.2 Å². The van der Waals surface area contributed by atoms with E-state index in [1.165, 1.54) is 0 Å². The Morgan fingerprint density at radius 1 is 1.11 bits per heavy atom. The van der Waals surface area contributed by atoms with Crippen LogP contribution in [0.4, 0.5) is 16.3 Å². The van der Waals surface area contributed by atoms with Crippen LogP contribution in [-0.4, -0.2) is 56.3 Å². The van der Waals surface area contributed by atoms with Crippen molar-refractivity contribution in [1.82, 2.24) is 9.88 Å². The molecule has 2 atom stereocenters. The summed E-state index contributed by atoms with van der Waals surface area (Å²) in [5.74, 6) is 3.20. The van der Waals surface area contributed by atoms with Crippen molar-refractivity contribution in [1.29, 1.82) is 0 Å². The molecule has 1 aromatic heterocycles. The van der Waals surface area contributed by atoms with Crippen LogP contribution < -0.4 is 19.7 Å². The van der Waals surface area contributed by atoms with E-state index in [4.69, 9.17) is 9.47 Å². The second-order valence-electron chi connectivity index (χ2n) is 7.16. The minimum Gasteiger partial charge on any atom is -0.497 e. The summed E-state index contributed by atoms with van der Waals surface area (Å²) < 4.78 is 11.6. The number of hydrogen-bond acceptors (Lipinski definition) is 5. The number of hydrogen-bond donors (Lipinski definition) is 1. The normalized spacial score (nSPS) is 20.8. The van der Waals surface area contributed by atoms with Gasteiger partial charge in [-0.15, -0.1) is 0 Å². The molecule has 28 heavy (non-hydrogen) atoms. The van der Waals surface area contributed by atoms with E-state index < -0.39 is 0 Å². The number of ether oxygens (including phenoxy) is 2. The van der Waals surface area contributed by atoms with E-state index in [0.29, 0.717) is 29.0 Å². The van der Waals surface area contributed by atoms with Crippen molar-refractivity contribution in [2.24, 2.45) is 11.8 Å². The van der Waals surface area contributed by atoms with Crippen molar-refractivity contribution in [3.05, 3.63) is 41.0 Å². The van der Waals surface area contributed by atoms with Gasteiger partial charge in [0.25, 0.3) is 0 Å². The molecule has 2 fully saturated rings. The number of amides is 2. The quantitative estimate of drug-likeness (QED) is 0.778. The summed E-state index contributed by atoms with van der Waals surface area (Å²) in [6, 6.07) is 9.32. The van der Waals surface area contributed by atoms with E-state index >= 15 is 0 Å². The highest BCUT2D eigenvalue weighted by atomic mass is 79.9. The van der Waals surface area contributed by atoms with Crippen LogP contribution in [-0.2, 0) is 0 Å². The standard InChI is InChI=1S/C20H23BrN4O3/c1-27-16-4-5-17(18(7-16)28-2)23-20(26)25-11-13-9-24(10-14(13)12-25)19-6-3-15(21)8-22-19/h3-8,13-14H,9-12H2,1-2H3,(H,23,26). The summed E-state index contributed by atoms with van der Waals surface area (Å²) in [6.45, 7) is 3.36. The summed E-state index contributed by atoms with van der Waals surface area (Å²) in [4.78, 5) is 21.5. The predicted molar refractivity (Wildman–Crippen MR) is 111 cm³/mol. The first kappa shape index (κ1) is 18.9. The molecule has 2 amide bonds. The summed E-state index contributed by atoms with van der Waals surface area (Å²) >= 11 is 3.42. The summed E-state index contributed by atoms with van der Waals surface area (Å²) in [6.07, 6.45) is 1.82. The zero-order valence-electron chi connectivity index (χ0n) is 15.9. The van der Waals surface area contributed by atoms with Crippen LogP contribution in [0.1, 0.15) is 0 Å². The molecule has 7 nitrogen and oxygen atoms in total. The van der Waals surface area contributed by atoms with Crippen LogP contribution in [0.15, 0.2) is 41.0 Å². The number of methoxy groups -OCH3 is 2. The molecule has 8 heteroatoms. The fourth-order valence-electron chi connectivity index (χ4n) is 4.00. The van der Waals surface area contributed by atoms with Gasteiger partial charge in [0, 0.05) is 54.8 Å². The van der Waals surface area contributed by atoms with Crippen LogP contribution in [0.2, 0.25) is 0 Å². The number of fused-ring (bicyclic) bond motifs is 1. The van der Waals surface area contributed by atoms with Crippen molar-refractivity contribution < 1.29 is 14.3 Å². The highest BCUT2D eigenvalue weighted by Crippen LogP contribution is 2.34. The molecule has 2 aliphatic heterocycles. The van der Waals surface area contributed by atoms with Crippen LogP contribution in [0, 0.1) is 11.8 Å². The third-order valence-corrected chi connectivity index (χ3v) is 5.93. The topological polar surface area (TPSA) is 66.9 Å². The van der Waals surface area contributed by atoms with Crippen molar-refractivity contribution in [2.45, 2.75) is 0 Å². The maximum atomic E-state index is 12.8. The smallest absolute Gasteiger partial charge is 0.321 e. The van der Waals surface area contributed by atoms with E-state index in [1.54, 1.807) is 32.4 Å². The van der Waals surface area contributed by atoms with Crippen LogP contribution in [0.25, 0.3) is 0 Å². The van der Waals surface area contributed by atoms with Gasteiger partial charge in [0.15, 0.2) is 0 Å². The molecule has 3 heterocycles. The molecule has 148 valence electrons. The molecule has 0 radical (unpaired) electrons. The summed E-state index contributed by atoms with van der Waals surface area (Å²) in [5, 5.41) is 2.97. The zero-order valence-corrected chi connectivity index (χ0v) is 17.5. The molecule has 1 N–H and O–H groups in total. The van der Waals surface area contributed by atoms with Gasteiger partial charge >= 0.3 is 6.03 Å². The Hall–Kier alpha value is -2.48. The van der Waals surface area contributed by atoms with Gasteiger partial charge < -0.3 is 24.6 Å². The fraction of sp³-hybridized carbons (Fsp3) is 0.400. The number of carbonyl (C=O) groups excluding carboxylic acids is 1. The van der Waals surface area contributed by atoms with Crippen LogP contribution in [0.3, 0.4) is 0 Å². The van der Waals surface area contributed by atoms with E-state index in [1.807, 2.05) is 23.2 Å². The maximum Gasteiger partial charge on any atom is 0.321 e. The van der Waals surface area contributed by atoms with Gasteiger partial charge in [-0.2, -0.15) is 0 Å². The predicted octanol–water partition coefficient (Wildman–Crippen LogP) is 3.46. The van der Waals surface area contributed by atoms with E-state index in [2.05, 4.69) is 31.1 Å². The molecule has 2 saturated heterocycles. The largest absolute Gasteiger partial charge is 0.497 e. The van der Waals surface area contributed by atoms with Gasteiger partial charge in [-0.25, -0.2) is 9.78 Å². The van der Waals surface area contributed by atoms with Crippen molar-refractivity contribution in [3.8, 4) is 11.5 Å². The molecule has 2 aliphatic rings.